The van der Waals surface area contributed by atoms with Crippen LogP contribution >= 0.6 is 46.4 Å². The minimum absolute atomic E-state index is 0. The van der Waals surface area contributed by atoms with Gasteiger partial charge in [-0.15, -0.1) is 0 Å². The SMILES string of the molecule is N#Cc1ccc(N2CCNC[C@H]2c2ccc(Cl)cc2)c(Cl)c1.O=CO[O-].[C-]#[N+]c1ccc([C@](C)(O)CN2CCN(c3ccc(C#N)cc3Cl)[C@H](c3ccc(Cl)cc3)C2)cc1.[C-]#[N+]c1ccc([C@](C)(O)COS(C)(=O)=O)cc1.[H-].[Na+].[Na+]. The second-order valence-electron chi connectivity index (χ2n) is 18.0. The predicted molar refractivity (Wildman–Crippen MR) is 298 cm³/mol. The van der Waals surface area contributed by atoms with Crippen LogP contribution in [-0.2, 0) is 35.2 Å². The molecule has 2 aliphatic rings. The van der Waals surface area contributed by atoms with Crippen molar-refractivity contribution in [1.29, 1.82) is 10.5 Å². The standard InChI is InChI=1S/C27H24Cl2N4O.C17H15Cl2N3.C11H13NO4S.CH2O3.2Na.H/c1-27(34,21-6-10-23(31-2)11-7-21)18-32-13-14-33(25-12-3-19(16-30)15-24(25)29)26(17-32)20-4-8-22(28)9-5-20;18-14-4-2-13(3-5-14)17-11-21-7-8-22(17)16-6-1-12(10-20)9-15(16)19;1-11(13,8-16-17(3,14)15)9-4-6-10(12-2)7-5-9;2-1-4-3;;;/h3-12,15,26,34H,13-14,17-18H2,1H3;1-6,9,17,21H,7-8,11H2;4-7,13H,8H2,1,3H3;1,3H;;;/q;;;;2*+1;-1/p-1/t26-,27+;17-;11-;;;;/m001..../s1. The van der Waals surface area contributed by atoms with E-state index in [-0.39, 0.29) is 85.7 Å². The van der Waals surface area contributed by atoms with E-state index >= 15 is 0 Å². The number of carbonyl (C=O) groups is 1. The number of rotatable bonds is 12. The van der Waals surface area contributed by atoms with E-state index in [0.29, 0.717) is 62.8 Å². The molecule has 0 saturated carbocycles. The van der Waals surface area contributed by atoms with Gasteiger partial charge < -0.3 is 36.9 Å². The molecular formula is C56H54Cl4N8Na2O8S. The Kier molecular flexibility index (Phi) is 28.3. The van der Waals surface area contributed by atoms with Gasteiger partial charge in [-0.1, -0.05) is 119 Å². The van der Waals surface area contributed by atoms with Crippen LogP contribution in [0.25, 0.3) is 9.69 Å². The monoisotopic (exact) mass is 1180 g/mol. The van der Waals surface area contributed by atoms with Crippen molar-refractivity contribution < 1.29 is 98.3 Å². The van der Waals surface area contributed by atoms with Crippen molar-refractivity contribution in [2.75, 3.05) is 68.5 Å². The fourth-order valence-corrected chi connectivity index (χ4v) is 9.73. The number of nitriles is 2. The van der Waals surface area contributed by atoms with Crippen LogP contribution in [0, 0.1) is 35.8 Å². The molecule has 4 atom stereocenters. The van der Waals surface area contributed by atoms with E-state index in [2.05, 4.69) is 50.9 Å². The number of carbonyl (C=O) groups excluding carboxylic acids is 1. The molecule has 0 radical (unpaired) electrons. The third-order valence-electron chi connectivity index (χ3n) is 12.4. The first kappa shape index (κ1) is 68.5. The molecule has 0 aromatic heterocycles. The fourth-order valence-electron chi connectivity index (χ4n) is 8.46. The number of anilines is 2. The molecule has 0 unspecified atom stereocenters. The Hall–Kier alpha value is -4.78. The Morgan fingerprint density at radius 1 is 0.722 bits per heavy atom. The molecule has 402 valence electrons. The van der Waals surface area contributed by atoms with Gasteiger partial charge in [-0.2, -0.15) is 18.9 Å². The van der Waals surface area contributed by atoms with Crippen LogP contribution in [0.4, 0.5) is 22.7 Å². The molecule has 16 nitrogen and oxygen atoms in total. The number of aliphatic hydroxyl groups is 2. The van der Waals surface area contributed by atoms with Gasteiger partial charge >= 0.3 is 59.1 Å². The zero-order valence-electron chi connectivity index (χ0n) is 45.0. The van der Waals surface area contributed by atoms with Crippen LogP contribution in [0.1, 0.15) is 60.7 Å². The Balaban J connectivity index is 0.000000412. The average molecular weight is 1190 g/mol. The van der Waals surface area contributed by atoms with Gasteiger partial charge in [0.25, 0.3) is 16.6 Å². The van der Waals surface area contributed by atoms with Gasteiger partial charge in [0, 0.05) is 55.9 Å². The van der Waals surface area contributed by atoms with E-state index in [1.165, 1.54) is 12.5 Å². The minimum Gasteiger partial charge on any atom is -1.00 e. The summed E-state index contributed by atoms with van der Waals surface area (Å²) in [5, 5.41) is 53.9. The smallest absolute Gasteiger partial charge is 1.00 e. The molecule has 0 spiro atoms. The van der Waals surface area contributed by atoms with Crippen LogP contribution in [0.3, 0.4) is 0 Å². The van der Waals surface area contributed by atoms with Gasteiger partial charge in [0.15, 0.2) is 11.4 Å². The van der Waals surface area contributed by atoms with Gasteiger partial charge in [0.1, 0.15) is 5.60 Å². The Bertz CT molecular complexity index is 3240. The van der Waals surface area contributed by atoms with Crippen LogP contribution in [0.5, 0.6) is 0 Å². The summed E-state index contributed by atoms with van der Waals surface area (Å²) < 4.78 is 26.2. The van der Waals surface area contributed by atoms with Crippen molar-refractivity contribution >= 4 is 85.7 Å². The maximum absolute atomic E-state index is 11.3. The first-order chi connectivity index (χ1) is 36.6. The first-order valence-corrected chi connectivity index (χ1v) is 26.8. The van der Waals surface area contributed by atoms with E-state index < -0.39 is 21.3 Å². The molecule has 6 aromatic rings. The molecule has 0 aliphatic carbocycles. The predicted octanol–water partition coefficient (Wildman–Crippen LogP) is 4.18. The van der Waals surface area contributed by atoms with Crippen LogP contribution in [0.2, 0.25) is 20.1 Å². The van der Waals surface area contributed by atoms with E-state index in [1.54, 1.807) is 61.5 Å². The average Bonchev–Trinajstić information content (AvgIpc) is 3.43. The van der Waals surface area contributed by atoms with Gasteiger partial charge in [-0.3, -0.25) is 13.9 Å². The second kappa shape index (κ2) is 32.6. The molecule has 3 N–H and O–H groups in total. The Labute approximate surface area is 527 Å². The largest absolute Gasteiger partial charge is 1.00 e. The molecule has 2 heterocycles. The van der Waals surface area contributed by atoms with Crippen molar-refractivity contribution in [2.24, 2.45) is 0 Å². The van der Waals surface area contributed by atoms with Crippen molar-refractivity contribution in [3.63, 3.8) is 0 Å². The Morgan fingerprint density at radius 3 is 1.56 bits per heavy atom. The van der Waals surface area contributed by atoms with Gasteiger partial charge in [0.05, 0.1) is 88.4 Å². The number of β-amino-alcohol motifs (C(OH)–C–C–N with tert-alkyl or cyclic N) is 1. The molecule has 6 aromatic carbocycles. The van der Waals surface area contributed by atoms with Crippen molar-refractivity contribution in [3.8, 4) is 12.1 Å². The third kappa shape index (κ3) is 20.6. The normalized spacial score (nSPS) is 16.3. The second-order valence-corrected chi connectivity index (χ2v) is 21.4. The molecule has 2 aliphatic heterocycles. The minimum atomic E-state index is -3.59. The number of nitrogens with one attached hydrogen (secondary N) is 1. The zero-order chi connectivity index (χ0) is 56.3. The number of halogens is 4. The topological polar surface area (TPSA) is 211 Å². The van der Waals surface area contributed by atoms with E-state index in [0.717, 1.165) is 60.0 Å². The van der Waals surface area contributed by atoms with Crippen molar-refractivity contribution in [2.45, 2.75) is 37.1 Å². The maximum Gasteiger partial charge on any atom is 1.00 e. The van der Waals surface area contributed by atoms with E-state index in [9.17, 15) is 23.9 Å². The first-order valence-electron chi connectivity index (χ1n) is 23.5. The fraction of sp³-hybridized carbons (Fsp3) is 0.268. The molecule has 0 bridgehead atoms. The number of piperazine rings is 2. The van der Waals surface area contributed by atoms with Gasteiger partial charge in [-0.05, 0) is 96.8 Å². The summed E-state index contributed by atoms with van der Waals surface area (Å²) in [5.74, 6) is 0. The van der Waals surface area contributed by atoms with Crippen LogP contribution in [0.15, 0.2) is 133 Å². The summed E-state index contributed by atoms with van der Waals surface area (Å²) in [6.07, 6.45) is 0.922. The molecule has 2 fully saturated rings. The van der Waals surface area contributed by atoms with Crippen molar-refractivity contribution in [1.82, 2.24) is 10.2 Å². The van der Waals surface area contributed by atoms with Gasteiger partial charge in [-0.25, -0.2) is 9.69 Å². The van der Waals surface area contributed by atoms with Crippen LogP contribution in [-0.4, -0.2) is 88.7 Å². The van der Waals surface area contributed by atoms with Crippen LogP contribution < -0.4 is 79.5 Å². The molecule has 23 heteroatoms. The number of benzene rings is 6. The van der Waals surface area contributed by atoms with Crippen molar-refractivity contribution in [3.05, 3.63) is 210 Å². The van der Waals surface area contributed by atoms with Gasteiger partial charge in [0.2, 0.25) is 0 Å². The Morgan fingerprint density at radius 2 is 1.15 bits per heavy atom. The third-order valence-corrected chi connectivity index (χ3v) is 14.0. The summed E-state index contributed by atoms with van der Waals surface area (Å²) in [6, 6.07) is 44.3. The maximum atomic E-state index is 11.3. The molecule has 8 rings (SSSR count). The quantitative estimate of drug-likeness (QED) is 0.0392. The summed E-state index contributed by atoms with van der Waals surface area (Å²) in [7, 11) is -3.59. The number of hydrogen-bond donors (Lipinski definition) is 3. The van der Waals surface area contributed by atoms with E-state index in [4.69, 9.17) is 74.9 Å². The summed E-state index contributed by atoms with van der Waals surface area (Å²) in [4.78, 5) is 24.7. The molecule has 2 saturated heterocycles. The molecule has 79 heavy (non-hydrogen) atoms. The summed E-state index contributed by atoms with van der Waals surface area (Å²) in [6.45, 7) is 21.8. The summed E-state index contributed by atoms with van der Waals surface area (Å²) in [5.41, 5.74) is 5.01. The zero-order valence-corrected chi connectivity index (χ0v) is 51.8. The van der Waals surface area contributed by atoms with E-state index in [1.807, 2.05) is 78.9 Å². The summed E-state index contributed by atoms with van der Waals surface area (Å²) >= 11 is 25.1. The number of nitrogens with zero attached hydrogens (tertiary/aromatic N) is 7. The molecular weight excluding hydrogens is 1130 g/mol. The number of hydrogen-bond acceptors (Lipinski definition) is 14. The molecule has 0 amide bonds.